The van der Waals surface area contributed by atoms with E-state index < -0.39 is 15.8 Å². The van der Waals surface area contributed by atoms with Crippen molar-refractivity contribution >= 4 is 26.7 Å². The molecule has 0 spiro atoms. The van der Waals surface area contributed by atoms with Gasteiger partial charge in [-0.05, 0) is 36.8 Å². The van der Waals surface area contributed by atoms with Gasteiger partial charge < -0.3 is 5.32 Å². The van der Waals surface area contributed by atoms with Crippen molar-refractivity contribution in [3.63, 3.8) is 0 Å². The number of aromatic nitrogens is 2. The molecule has 0 aliphatic carbocycles. The SMILES string of the molecule is CCN(CC)S(=O)(=O)c1ccc(C(C)Nc2ncnc3cccc(F)c23)cc1. The van der Waals surface area contributed by atoms with Gasteiger partial charge in [-0.2, -0.15) is 4.31 Å². The maximum Gasteiger partial charge on any atom is 0.243 e. The van der Waals surface area contributed by atoms with Crippen molar-refractivity contribution < 1.29 is 12.8 Å². The molecular formula is C20H23FN4O2S. The lowest BCUT2D eigenvalue weighted by Gasteiger charge is -2.20. The fraction of sp³-hybridized carbons (Fsp3) is 0.300. The average Bonchev–Trinajstić information content (AvgIpc) is 2.69. The molecule has 0 fully saturated rings. The molecule has 6 nitrogen and oxygen atoms in total. The number of fused-ring (bicyclic) bond motifs is 1. The van der Waals surface area contributed by atoms with Crippen LogP contribution in [0.5, 0.6) is 0 Å². The van der Waals surface area contributed by atoms with Gasteiger partial charge in [0, 0.05) is 19.1 Å². The summed E-state index contributed by atoms with van der Waals surface area (Å²) >= 11 is 0. The average molecular weight is 402 g/mol. The van der Waals surface area contributed by atoms with E-state index in [-0.39, 0.29) is 10.9 Å². The van der Waals surface area contributed by atoms with E-state index in [4.69, 9.17) is 0 Å². The molecule has 0 aliphatic rings. The van der Waals surface area contributed by atoms with Crippen LogP contribution in [0.3, 0.4) is 0 Å². The zero-order chi connectivity index (χ0) is 20.3. The zero-order valence-electron chi connectivity index (χ0n) is 16.1. The fourth-order valence-electron chi connectivity index (χ4n) is 3.11. The van der Waals surface area contributed by atoms with E-state index in [0.29, 0.717) is 29.8 Å². The molecular weight excluding hydrogens is 379 g/mol. The van der Waals surface area contributed by atoms with E-state index in [1.165, 1.54) is 16.7 Å². The molecule has 148 valence electrons. The Morgan fingerprint density at radius 3 is 2.39 bits per heavy atom. The van der Waals surface area contributed by atoms with Gasteiger partial charge in [-0.3, -0.25) is 0 Å². The highest BCUT2D eigenvalue weighted by molar-refractivity contribution is 7.89. The maximum absolute atomic E-state index is 14.2. The van der Waals surface area contributed by atoms with Gasteiger partial charge >= 0.3 is 0 Å². The maximum atomic E-state index is 14.2. The largest absolute Gasteiger partial charge is 0.363 e. The van der Waals surface area contributed by atoms with E-state index in [2.05, 4.69) is 15.3 Å². The number of anilines is 1. The van der Waals surface area contributed by atoms with Crippen LogP contribution in [0.4, 0.5) is 10.2 Å². The monoisotopic (exact) mass is 402 g/mol. The minimum absolute atomic E-state index is 0.206. The molecule has 1 aromatic heterocycles. The molecule has 0 radical (unpaired) electrons. The van der Waals surface area contributed by atoms with Gasteiger partial charge in [0.25, 0.3) is 0 Å². The van der Waals surface area contributed by atoms with Crippen LogP contribution in [0.15, 0.2) is 53.7 Å². The lowest BCUT2D eigenvalue weighted by Crippen LogP contribution is -2.30. The van der Waals surface area contributed by atoms with Gasteiger partial charge in [0.05, 0.1) is 15.8 Å². The molecule has 1 unspecified atom stereocenters. The van der Waals surface area contributed by atoms with Crippen molar-refractivity contribution in [3.05, 3.63) is 60.2 Å². The van der Waals surface area contributed by atoms with Crippen LogP contribution in [0, 0.1) is 5.82 Å². The summed E-state index contributed by atoms with van der Waals surface area (Å²) in [5.41, 5.74) is 1.38. The molecule has 0 bridgehead atoms. The minimum atomic E-state index is -3.49. The minimum Gasteiger partial charge on any atom is -0.363 e. The van der Waals surface area contributed by atoms with Crippen LogP contribution in [-0.4, -0.2) is 35.8 Å². The van der Waals surface area contributed by atoms with Crippen molar-refractivity contribution in [1.29, 1.82) is 0 Å². The lowest BCUT2D eigenvalue weighted by atomic mass is 10.1. The molecule has 28 heavy (non-hydrogen) atoms. The van der Waals surface area contributed by atoms with Gasteiger partial charge in [-0.25, -0.2) is 22.8 Å². The summed E-state index contributed by atoms with van der Waals surface area (Å²) in [7, 11) is -3.49. The lowest BCUT2D eigenvalue weighted by molar-refractivity contribution is 0.445. The molecule has 8 heteroatoms. The highest BCUT2D eigenvalue weighted by atomic mass is 32.2. The van der Waals surface area contributed by atoms with Crippen LogP contribution in [0.25, 0.3) is 10.9 Å². The number of sulfonamides is 1. The molecule has 3 rings (SSSR count). The molecule has 0 saturated heterocycles. The zero-order valence-corrected chi connectivity index (χ0v) is 16.9. The summed E-state index contributed by atoms with van der Waals surface area (Å²) in [4.78, 5) is 8.52. The topological polar surface area (TPSA) is 75.2 Å². The Morgan fingerprint density at radius 2 is 1.75 bits per heavy atom. The fourth-order valence-corrected chi connectivity index (χ4v) is 4.57. The summed E-state index contributed by atoms with van der Waals surface area (Å²) in [6, 6.07) is 11.2. The molecule has 2 aromatic carbocycles. The van der Waals surface area contributed by atoms with Gasteiger partial charge in [-0.15, -0.1) is 0 Å². The summed E-state index contributed by atoms with van der Waals surface area (Å²) in [6.07, 6.45) is 1.39. The Balaban J connectivity index is 1.86. The summed E-state index contributed by atoms with van der Waals surface area (Å²) in [5.74, 6) is 0.00361. The molecule has 0 amide bonds. The number of hydrogen-bond donors (Lipinski definition) is 1. The van der Waals surface area contributed by atoms with Crippen molar-refractivity contribution in [3.8, 4) is 0 Å². The smallest absolute Gasteiger partial charge is 0.243 e. The Kier molecular flexibility index (Phi) is 5.90. The van der Waals surface area contributed by atoms with Crippen molar-refractivity contribution in [2.24, 2.45) is 0 Å². The van der Waals surface area contributed by atoms with E-state index in [1.807, 2.05) is 20.8 Å². The predicted molar refractivity (Wildman–Crippen MR) is 108 cm³/mol. The van der Waals surface area contributed by atoms with Gasteiger partial charge in [0.2, 0.25) is 10.0 Å². The van der Waals surface area contributed by atoms with Gasteiger partial charge in [0.1, 0.15) is 18.0 Å². The molecule has 1 heterocycles. The second-order valence-corrected chi connectivity index (χ2v) is 8.32. The van der Waals surface area contributed by atoms with Crippen LogP contribution < -0.4 is 5.32 Å². The summed E-state index contributed by atoms with van der Waals surface area (Å²) in [6.45, 7) is 6.37. The van der Waals surface area contributed by atoms with Crippen molar-refractivity contribution in [2.45, 2.75) is 31.7 Å². The van der Waals surface area contributed by atoms with Crippen LogP contribution >= 0.6 is 0 Å². The van der Waals surface area contributed by atoms with E-state index >= 15 is 0 Å². The third kappa shape index (κ3) is 3.83. The quantitative estimate of drug-likeness (QED) is 0.647. The normalized spacial score (nSPS) is 13.0. The van der Waals surface area contributed by atoms with Crippen LogP contribution in [0.1, 0.15) is 32.4 Å². The van der Waals surface area contributed by atoms with E-state index in [1.54, 1.807) is 36.4 Å². The Morgan fingerprint density at radius 1 is 1.07 bits per heavy atom. The number of halogens is 1. The van der Waals surface area contributed by atoms with Crippen molar-refractivity contribution in [2.75, 3.05) is 18.4 Å². The Hall–Kier alpha value is -2.58. The number of benzene rings is 2. The first-order valence-electron chi connectivity index (χ1n) is 9.14. The highest BCUT2D eigenvalue weighted by Crippen LogP contribution is 2.27. The molecule has 0 aliphatic heterocycles. The number of rotatable bonds is 7. The third-order valence-corrected chi connectivity index (χ3v) is 6.75. The van der Waals surface area contributed by atoms with Gasteiger partial charge in [0.15, 0.2) is 0 Å². The van der Waals surface area contributed by atoms with E-state index in [9.17, 15) is 12.8 Å². The highest BCUT2D eigenvalue weighted by Gasteiger charge is 2.21. The first-order valence-corrected chi connectivity index (χ1v) is 10.6. The summed E-state index contributed by atoms with van der Waals surface area (Å²) in [5, 5.41) is 3.53. The second-order valence-electron chi connectivity index (χ2n) is 6.38. The molecule has 1 atom stereocenters. The Bertz CT molecular complexity index is 1060. The number of hydrogen-bond acceptors (Lipinski definition) is 5. The predicted octanol–water partition coefficient (Wildman–Crippen LogP) is 3.97. The van der Waals surface area contributed by atoms with E-state index in [0.717, 1.165) is 5.56 Å². The second kappa shape index (κ2) is 8.20. The molecule has 3 aromatic rings. The Labute approximate surface area is 164 Å². The first kappa shape index (κ1) is 20.2. The third-order valence-electron chi connectivity index (χ3n) is 4.69. The standard InChI is InChI=1S/C20H23FN4O2S/c1-4-25(5-2)28(26,27)16-11-9-15(10-12-16)14(3)24-20-19-17(21)7-6-8-18(19)22-13-23-20/h6-14H,4-5H2,1-3H3,(H,22,23,24). The number of nitrogens with one attached hydrogen (secondary N) is 1. The molecule has 1 N–H and O–H groups in total. The number of nitrogens with zero attached hydrogens (tertiary/aromatic N) is 3. The van der Waals surface area contributed by atoms with Crippen LogP contribution in [0.2, 0.25) is 0 Å². The van der Waals surface area contributed by atoms with Crippen LogP contribution in [-0.2, 0) is 10.0 Å². The van der Waals surface area contributed by atoms with Gasteiger partial charge in [-0.1, -0.05) is 32.0 Å². The first-order chi connectivity index (χ1) is 13.4. The molecule has 0 saturated carbocycles. The summed E-state index contributed by atoms with van der Waals surface area (Å²) < 4.78 is 40.9. The van der Waals surface area contributed by atoms with Crippen molar-refractivity contribution in [1.82, 2.24) is 14.3 Å².